The Morgan fingerprint density at radius 3 is 2.65 bits per heavy atom. The first-order valence-electron chi connectivity index (χ1n) is 7.21. The van der Waals surface area contributed by atoms with Gasteiger partial charge in [-0.3, -0.25) is 4.79 Å². The molecule has 2 atom stereocenters. The molecule has 0 aliphatic carbocycles. The molecule has 0 aromatic rings. The fourth-order valence-corrected chi connectivity index (χ4v) is 2.07. The third-order valence-corrected chi connectivity index (χ3v) is 3.11. The highest BCUT2D eigenvalue weighted by atomic mass is 19.1. The SMILES string of the molecule is CCOC(=O)C(F)ON1C(=O)N2CC(C)=CC1C2.CNC(C)=O. The van der Waals surface area contributed by atoms with Gasteiger partial charge in [-0.15, -0.1) is 0 Å². The highest BCUT2D eigenvalue weighted by Crippen LogP contribution is 2.25. The normalized spacial score (nSPS) is 20.3. The van der Waals surface area contributed by atoms with Crippen molar-refractivity contribution in [3.63, 3.8) is 0 Å². The molecule has 2 aliphatic rings. The fourth-order valence-electron chi connectivity index (χ4n) is 2.07. The molecule has 2 unspecified atom stereocenters. The van der Waals surface area contributed by atoms with E-state index in [0.29, 0.717) is 13.1 Å². The maximum Gasteiger partial charge on any atom is 0.370 e. The quantitative estimate of drug-likeness (QED) is 0.602. The van der Waals surface area contributed by atoms with E-state index in [0.717, 1.165) is 10.6 Å². The number of alkyl halides is 1. The van der Waals surface area contributed by atoms with Crippen molar-refractivity contribution < 1.29 is 28.3 Å². The summed E-state index contributed by atoms with van der Waals surface area (Å²) in [5, 5.41) is 3.29. The van der Waals surface area contributed by atoms with Crippen molar-refractivity contribution in [1.29, 1.82) is 0 Å². The first-order valence-corrected chi connectivity index (χ1v) is 7.21. The average molecular weight is 331 g/mol. The lowest BCUT2D eigenvalue weighted by atomic mass is 10.1. The summed E-state index contributed by atoms with van der Waals surface area (Å²) in [6.07, 6.45) is -0.442. The molecule has 0 saturated carbocycles. The van der Waals surface area contributed by atoms with E-state index in [2.05, 4.69) is 10.1 Å². The Kier molecular flexibility index (Phi) is 6.95. The molecule has 2 aliphatic heterocycles. The summed E-state index contributed by atoms with van der Waals surface area (Å²) in [7, 11) is 1.60. The molecule has 1 N–H and O–H groups in total. The number of carbonyl (C=O) groups excluding carboxylic acids is 3. The number of ether oxygens (including phenoxy) is 1. The van der Waals surface area contributed by atoms with Gasteiger partial charge in [-0.1, -0.05) is 11.6 Å². The van der Waals surface area contributed by atoms with Crippen LogP contribution in [-0.4, -0.2) is 67.0 Å². The van der Waals surface area contributed by atoms with Crippen LogP contribution >= 0.6 is 0 Å². The first kappa shape index (κ1) is 18.9. The van der Waals surface area contributed by atoms with Crippen molar-refractivity contribution in [2.24, 2.45) is 0 Å². The van der Waals surface area contributed by atoms with Crippen LogP contribution in [0.25, 0.3) is 0 Å². The van der Waals surface area contributed by atoms with E-state index in [9.17, 15) is 18.8 Å². The Labute approximate surface area is 134 Å². The van der Waals surface area contributed by atoms with Crippen LogP contribution in [0.1, 0.15) is 20.8 Å². The summed E-state index contributed by atoms with van der Waals surface area (Å²) in [5.74, 6) is -1.12. The smallest absolute Gasteiger partial charge is 0.370 e. The minimum absolute atomic E-state index is 0.00463. The highest BCUT2D eigenvalue weighted by molar-refractivity contribution is 5.78. The number of urea groups is 1. The van der Waals surface area contributed by atoms with Gasteiger partial charge in [0.1, 0.15) is 0 Å². The van der Waals surface area contributed by atoms with Crippen LogP contribution in [-0.2, 0) is 19.2 Å². The third-order valence-electron chi connectivity index (χ3n) is 3.11. The number of nitrogens with zero attached hydrogens (tertiary/aromatic N) is 2. The zero-order chi connectivity index (χ0) is 17.6. The van der Waals surface area contributed by atoms with Crippen molar-refractivity contribution >= 4 is 17.9 Å². The molecule has 2 rings (SSSR count). The van der Waals surface area contributed by atoms with Crippen LogP contribution in [0.2, 0.25) is 0 Å². The number of hydroxylamine groups is 2. The van der Waals surface area contributed by atoms with E-state index in [1.807, 2.05) is 13.0 Å². The summed E-state index contributed by atoms with van der Waals surface area (Å²) in [6.45, 7) is 5.94. The monoisotopic (exact) mass is 331 g/mol. The third kappa shape index (κ3) is 5.20. The number of hydrogen-bond donors (Lipinski definition) is 1. The fraction of sp³-hybridized carbons (Fsp3) is 0.643. The molecule has 8 nitrogen and oxygen atoms in total. The molecular weight excluding hydrogens is 309 g/mol. The predicted molar refractivity (Wildman–Crippen MR) is 78.7 cm³/mol. The second-order valence-electron chi connectivity index (χ2n) is 5.05. The van der Waals surface area contributed by atoms with Gasteiger partial charge in [-0.25, -0.2) is 18.8 Å². The summed E-state index contributed by atoms with van der Waals surface area (Å²) >= 11 is 0. The number of hydrogen-bond acceptors (Lipinski definition) is 5. The number of nitrogens with one attached hydrogen (secondary N) is 1. The minimum atomic E-state index is -2.27. The Morgan fingerprint density at radius 2 is 2.13 bits per heavy atom. The van der Waals surface area contributed by atoms with Crippen molar-refractivity contribution in [3.05, 3.63) is 11.6 Å². The Bertz CT molecular complexity index is 497. The maximum absolute atomic E-state index is 13.4. The van der Waals surface area contributed by atoms with Crippen LogP contribution in [0.4, 0.5) is 9.18 Å². The van der Waals surface area contributed by atoms with E-state index in [4.69, 9.17) is 4.84 Å². The van der Waals surface area contributed by atoms with E-state index in [1.54, 1.807) is 14.0 Å². The summed E-state index contributed by atoms with van der Waals surface area (Å²) in [5.41, 5.74) is 1.01. The highest BCUT2D eigenvalue weighted by Gasteiger charge is 2.42. The number of carbonyl (C=O) groups is 3. The van der Waals surface area contributed by atoms with Gasteiger partial charge in [0.05, 0.1) is 12.6 Å². The molecule has 1 saturated heterocycles. The van der Waals surface area contributed by atoms with E-state index < -0.39 is 18.4 Å². The van der Waals surface area contributed by atoms with E-state index in [1.165, 1.54) is 11.8 Å². The number of fused-ring (bicyclic) bond motifs is 2. The van der Waals surface area contributed by atoms with Crippen LogP contribution in [0, 0.1) is 0 Å². The summed E-state index contributed by atoms with van der Waals surface area (Å²) in [6, 6.07) is -0.779. The molecule has 130 valence electrons. The molecule has 9 heteroatoms. The maximum atomic E-state index is 13.4. The largest absolute Gasteiger partial charge is 0.462 e. The van der Waals surface area contributed by atoms with Crippen LogP contribution in [0.15, 0.2) is 11.6 Å². The van der Waals surface area contributed by atoms with Gasteiger partial charge < -0.3 is 15.0 Å². The van der Waals surface area contributed by atoms with Crippen LogP contribution in [0.5, 0.6) is 0 Å². The van der Waals surface area contributed by atoms with Gasteiger partial charge in [-0.05, 0) is 13.8 Å². The van der Waals surface area contributed by atoms with Gasteiger partial charge in [0.2, 0.25) is 5.91 Å². The molecule has 0 spiro atoms. The zero-order valence-corrected chi connectivity index (χ0v) is 13.7. The lowest BCUT2D eigenvalue weighted by molar-refractivity contribution is -0.223. The molecule has 1 fully saturated rings. The van der Waals surface area contributed by atoms with Gasteiger partial charge in [0.15, 0.2) is 0 Å². The van der Waals surface area contributed by atoms with Gasteiger partial charge >= 0.3 is 18.4 Å². The zero-order valence-electron chi connectivity index (χ0n) is 13.7. The second-order valence-corrected chi connectivity index (χ2v) is 5.05. The van der Waals surface area contributed by atoms with Crippen molar-refractivity contribution in [1.82, 2.24) is 15.3 Å². The number of halogens is 1. The van der Waals surface area contributed by atoms with Crippen LogP contribution < -0.4 is 5.32 Å². The van der Waals surface area contributed by atoms with Crippen molar-refractivity contribution in [2.75, 3.05) is 26.7 Å². The summed E-state index contributed by atoms with van der Waals surface area (Å²) < 4.78 is 17.9. The molecule has 23 heavy (non-hydrogen) atoms. The topological polar surface area (TPSA) is 88.2 Å². The Balaban J connectivity index is 0.000000463. The van der Waals surface area contributed by atoms with E-state index >= 15 is 0 Å². The standard InChI is InChI=1S/C11H15FN2O4.C3H7NO/c1-3-17-10(15)9(12)18-14-8-4-7(2)5-13(6-8)11(14)16;1-3(5)4-2/h4,8-9H,3,5-6H2,1-2H3;1-2H3,(H,4,5). The molecule has 3 amide bonds. The lowest BCUT2D eigenvalue weighted by Crippen LogP contribution is -2.38. The molecule has 2 bridgehead atoms. The van der Waals surface area contributed by atoms with Gasteiger partial charge in [0, 0.05) is 27.1 Å². The van der Waals surface area contributed by atoms with E-state index in [-0.39, 0.29) is 18.6 Å². The number of amides is 3. The second kappa shape index (κ2) is 8.47. The first-order chi connectivity index (χ1) is 10.8. The van der Waals surface area contributed by atoms with Gasteiger partial charge in [-0.2, -0.15) is 5.06 Å². The molecular formula is C14H22FN3O5. The average Bonchev–Trinajstić information content (AvgIpc) is 2.71. The predicted octanol–water partition coefficient (Wildman–Crippen LogP) is 0.595. The molecule has 0 radical (unpaired) electrons. The summed E-state index contributed by atoms with van der Waals surface area (Å²) in [4.78, 5) is 38.9. The Morgan fingerprint density at radius 1 is 1.52 bits per heavy atom. The van der Waals surface area contributed by atoms with Crippen LogP contribution in [0.3, 0.4) is 0 Å². The lowest BCUT2D eigenvalue weighted by Gasteiger charge is -2.21. The number of esters is 1. The molecule has 2 heterocycles. The van der Waals surface area contributed by atoms with Crippen molar-refractivity contribution in [3.8, 4) is 0 Å². The van der Waals surface area contributed by atoms with Gasteiger partial charge in [0.25, 0.3) is 0 Å². The minimum Gasteiger partial charge on any atom is -0.462 e. The Hall–Kier alpha value is -2.16. The molecule has 0 aromatic carbocycles. The molecule has 0 aromatic heterocycles. The number of rotatable bonds is 4. The van der Waals surface area contributed by atoms with Crippen molar-refractivity contribution in [2.45, 2.75) is 33.2 Å².